The van der Waals surface area contributed by atoms with Gasteiger partial charge in [-0.1, -0.05) is 13.3 Å². The molecule has 0 saturated carbocycles. The summed E-state index contributed by atoms with van der Waals surface area (Å²) in [5, 5.41) is 11.2. The minimum atomic E-state index is -1.35. The van der Waals surface area contributed by atoms with Crippen LogP contribution in [0, 0.1) is 11.7 Å². The van der Waals surface area contributed by atoms with Crippen LogP contribution in [0.4, 0.5) is 10.1 Å². The van der Waals surface area contributed by atoms with Crippen molar-refractivity contribution in [3.63, 3.8) is 0 Å². The molecular formula is C13H17FN2O3. The van der Waals surface area contributed by atoms with Crippen LogP contribution in [-0.4, -0.2) is 23.5 Å². The lowest BCUT2D eigenvalue weighted by molar-refractivity contribution is -0.119. The Kier molecular flexibility index (Phi) is 5.44. The van der Waals surface area contributed by atoms with Crippen molar-refractivity contribution in [2.45, 2.75) is 19.8 Å². The Labute approximate surface area is 110 Å². The van der Waals surface area contributed by atoms with Gasteiger partial charge < -0.3 is 16.2 Å². The smallest absolute Gasteiger partial charge is 0.338 e. The minimum absolute atomic E-state index is 0.218. The molecular weight excluding hydrogens is 251 g/mol. The van der Waals surface area contributed by atoms with E-state index in [1.54, 1.807) is 0 Å². The van der Waals surface area contributed by atoms with Crippen molar-refractivity contribution in [3.8, 4) is 0 Å². The van der Waals surface area contributed by atoms with E-state index in [2.05, 4.69) is 5.32 Å². The second-order valence-corrected chi connectivity index (χ2v) is 4.21. The lowest BCUT2D eigenvalue weighted by atomic mass is 10.0. The molecule has 6 heteroatoms. The Hall–Kier alpha value is -1.95. The van der Waals surface area contributed by atoms with E-state index >= 15 is 0 Å². The Morgan fingerprint density at radius 1 is 1.47 bits per heavy atom. The molecule has 0 aromatic heterocycles. The molecule has 1 rings (SSSR count). The molecule has 1 unspecified atom stereocenters. The summed E-state index contributed by atoms with van der Waals surface area (Å²) < 4.78 is 13.4. The van der Waals surface area contributed by atoms with Crippen LogP contribution in [0.2, 0.25) is 0 Å². The predicted molar refractivity (Wildman–Crippen MR) is 69.4 cm³/mol. The summed E-state index contributed by atoms with van der Waals surface area (Å²) in [7, 11) is 0. The number of anilines is 1. The Morgan fingerprint density at radius 3 is 2.63 bits per heavy atom. The third-order valence-electron chi connectivity index (χ3n) is 2.76. The highest BCUT2D eigenvalue weighted by atomic mass is 19.1. The number of nitrogens with two attached hydrogens (primary N) is 1. The number of benzene rings is 1. The lowest BCUT2D eigenvalue weighted by Gasteiger charge is -2.14. The number of carbonyl (C=O) groups is 2. The fraction of sp³-hybridized carbons (Fsp3) is 0.385. The van der Waals surface area contributed by atoms with E-state index in [9.17, 15) is 14.0 Å². The number of carbonyl (C=O) groups excluding carboxylic acids is 1. The van der Waals surface area contributed by atoms with E-state index in [4.69, 9.17) is 10.8 Å². The molecule has 1 atom stereocenters. The number of carboxylic acid groups (broad SMARTS) is 1. The molecule has 0 aliphatic carbocycles. The number of aromatic carboxylic acids is 1. The van der Waals surface area contributed by atoms with Crippen molar-refractivity contribution in [1.29, 1.82) is 0 Å². The molecule has 0 fully saturated rings. The molecule has 0 radical (unpaired) electrons. The molecule has 104 valence electrons. The maximum Gasteiger partial charge on any atom is 0.338 e. The maximum atomic E-state index is 13.4. The Bertz CT molecular complexity index is 477. The van der Waals surface area contributed by atoms with Crippen molar-refractivity contribution in [2.24, 2.45) is 11.7 Å². The van der Waals surface area contributed by atoms with E-state index in [1.165, 1.54) is 6.07 Å². The third-order valence-corrected chi connectivity index (χ3v) is 2.76. The zero-order chi connectivity index (χ0) is 14.4. The van der Waals surface area contributed by atoms with E-state index in [0.717, 1.165) is 18.6 Å². The van der Waals surface area contributed by atoms with Crippen LogP contribution in [0.3, 0.4) is 0 Å². The summed E-state index contributed by atoms with van der Waals surface area (Å²) in [5.74, 6) is -2.84. The van der Waals surface area contributed by atoms with E-state index in [1.807, 2.05) is 6.92 Å². The first-order valence-corrected chi connectivity index (χ1v) is 6.03. The van der Waals surface area contributed by atoms with Crippen molar-refractivity contribution < 1.29 is 19.1 Å². The first-order valence-electron chi connectivity index (χ1n) is 6.03. The fourth-order valence-electron chi connectivity index (χ4n) is 1.72. The van der Waals surface area contributed by atoms with Gasteiger partial charge in [-0.25, -0.2) is 9.18 Å². The summed E-state index contributed by atoms with van der Waals surface area (Å²) in [6.45, 7) is 2.16. The highest BCUT2D eigenvalue weighted by Gasteiger charge is 2.17. The molecule has 0 aliphatic heterocycles. The van der Waals surface area contributed by atoms with E-state index < -0.39 is 17.3 Å². The zero-order valence-electron chi connectivity index (χ0n) is 10.6. The van der Waals surface area contributed by atoms with Crippen LogP contribution < -0.4 is 11.1 Å². The summed E-state index contributed by atoms with van der Waals surface area (Å²) in [6.07, 6.45) is 1.47. The third kappa shape index (κ3) is 4.03. The zero-order valence-corrected chi connectivity index (χ0v) is 10.6. The highest BCUT2D eigenvalue weighted by Crippen LogP contribution is 2.16. The number of amides is 1. The summed E-state index contributed by atoms with van der Waals surface area (Å²) in [5.41, 5.74) is 5.29. The van der Waals surface area contributed by atoms with Crippen LogP contribution in [-0.2, 0) is 4.79 Å². The van der Waals surface area contributed by atoms with Gasteiger partial charge in [-0.2, -0.15) is 0 Å². The van der Waals surface area contributed by atoms with Crippen molar-refractivity contribution in [2.75, 3.05) is 11.9 Å². The number of carboxylic acids is 1. The standard InChI is InChI=1S/C13H17FN2O3/c1-2-3-8(7-15)12(17)16-9-4-5-10(13(18)19)11(14)6-9/h4-6,8H,2-3,7,15H2,1H3,(H,16,17)(H,18,19). The highest BCUT2D eigenvalue weighted by molar-refractivity contribution is 5.94. The van der Waals surface area contributed by atoms with Gasteiger partial charge >= 0.3 is 5.97 Å². The van der Waals surface area contributed by atoms with Crippen molar-refractivity contribution in [3.05, 3.63) is 29.6 Å². The van der Waals surface area contributed by atoms with Gasteiger partial charge in [0.2, 0.25) is 5.91 Å². The van der Waals surface area contributed by atoms with Crippen molar-refractivity contribution >= 4 is 17.6 Å². The largest absolute Gasteiger partial charge is 0.478 e. The maximum absolute atomic E-state index is 13.4. The molecule has 4 N–H and O–H groups in total. The molecule has 0 aliphatic rings. The number of hydrogen-bond acceptors (Lipinski definition) is 3. The Morgan fingerprint density at radius 2 is 2.16 bits per heavy atom. The number of nitrogens with one attached hydrogen (secondary N) is 1. The van der Waals surface area contributed by atoms with Gasteiger partial charge in [0.15, 0.2) is 0 Å². The molecule has 0 bridgehead atoms. The molecule has 0 heterocycles. The fourth-order valence-corrected chi connectivity index (χ4v) is 1.72. The van der Waals surface area contributed by atoms with Crippen LogP contribution in [0.5, 0.6) is 0 Å². The molecule has 19 heavy (non-hydrogen) atoms. The van der Waals surface area contributed by atoms with Gasteiger partial charge in [0, 0.05) is 12.2 Å². The van der Waals surface area contributed by atoms with Crippen LogP contribution in [0.15, 0.2) is 18.2 Å². The van der Waals surface area contributed by atoms with Gasteiger partial charge in [-0.15, -0.1) is 0 Å². The summed E-state index contributed by atoms with van der Waals surface area (Å²) >= 11 is 0. The second kappa shape index (κ2) is 6.84. The number of rotatable bonds is 6. The summed E-state index contributed by atoms with van der Waals surface area (Å²) in [4.78, 5) is 22.5. The topological polar surface area (TPSA) is 92.4 Å². The molecule has 0 spiro atoms. The molecule has 1 aromatic carbocycles. The van der Waals surface area contributed by atoms with Crippen LogP contribution in [0.25, 0.3) is 0 Å². The van der Waals surface area contributed by atoms with Gasteiger partial charge in [-0.3, -0.25) is 4.79 Å². The van der Waals surface area contributed by atoms with Crippen LogP contribution in [0.1, 0.15) is 30.1 Å². The minimum Gasteiger partial charge on any atom is -0.478 e. The van der Waals surface area contributed by atoms with Crippen molar-refractivity contribution in [1.82, 2.24) is 0 Å². The first kappa shape index (κ1) is 15.1. The molecule has 0 saturated heterocycles. The Balaban J connectivity index is 2.80. The molecule has 5 nitrogen and oxygen atoms in total. The predicted octanol–water partition coefficient (Wildman–Crippen LogP) is 1.84. The van der Waals surface area contributed by atoms with E-state index in [-0.39, 0.29) is 24.1 Å². The number of hydrogen-bond donors (Lipinski definition) is 3. The second-order valence-electron chi connectivity index (χ2n) is 4.21. The normalized spacial score (nSPS) is 11.9. The van der Waals surface area contributed by atoms with Gasteiger partial charge in [0.25, 0.3) is 0 Å². The van der Waals surface area contributed by atoms with Gasteiger partial charge in [0.1, 0.15) is 5.82 Å². The van der Waals surface area contributed by atoms with Gasteiger partial charge in [-0.05, 0) is 24.6 Å². The van der Waals surface area contributed by atoms with Crippen LogP contribution >= 0.6 is 0 Å². The van der Waals surface area contributed by atoms with E-state index in [0.29, 0.717) is 6.42 Å². The number of halogens is 1. The average molecular weight is 268 g/mol. The monoisotopic (exact) mass is 268 g/mol. The quantitative estimate of drug-likeness (QED) is 0.734. The lowest BCUT2D eigenvalue weighted by Crippen LogP contribution is -2.29. The molecule has 1 amide bonds. The first-order chi connectivity index (χ1) is 8.99. The SMILES string of the molecule is CCCC(CN)C(=O)Nc1ccc(C(=O)O)c(F)c1. The average Bonchev–Trinajstić information content (AvgIpc) is 2.35. The summed E-state index contributed by atoms with van der Waals surface area (Å²) in [6, 6.07) is 3.45. The molecule has 1 aromatic rings. The van der Waals surface area contributed by atoms with Gasteiger partial charge in [0.05, 0.1) is 11.5 Å².